The third-order valence-corrected chi connectivity index (χ3v) is 4.31. The van der Waals surface area contributed by atoms with Gasteiger partial charge in [-0.2, -0.15) is 5.26 Å². The highest BCUT2D eigenvalue weighted by atomic mass is 79.9. The minimum Gasteiger partial charge on any atom is -0.370 e. The minimum atomic E-state index is -0.0631. The van der Waals surface area contributed by atoms with Crippen LogP contribution in [0.4, 0.5) is 5.69 Å². The van der Waals surface area contributed by atoms with Crippen molar-refractivity contribution in [2.24, 2.45) is 11.8 Å². The molecule has 1 unspecified atom stereocenters. The van der Waals surface area contributed by atoms with Crippen LogP contribution in [-0.4, -0.2) is 6.04 Å². The van der Waals surface area contributed by atoms with Crippen molar-refractivity contribution < 1.29 is 0 Å². The van der Waals surface area contributed by atoms with E-state index in [0.717, 1.165) is 16.1 Å². The Morgan fingerprint density at radius 1 is 1.33 bits per heavy atom. The highest BCUT2D eigenvalue weighted by Gasteiger charge is 2.25. The van der Waals surface area contributed by atoms with Crippen molar-refractivity contribution in [1.29, 1.82) is 5.26 Å². The number of halogens is 1. The molecule has 2 nitrogen and oxygen atoms in total. The second-order valence-corrected chi connectivity index (χ2v) is 6.20. The van der Waals surface area contributed by atoms with Gasteiger partial charge in [-0.3, -0.25) is 0 Å². The summed E-state index contributed by atoms with van der Waals surface area (Å²) in [5, 5.41) is 12.7. The van der Waals surface area contributed by atoms with Crippen LogP contribution in [0.15, 0.2) is 28.7 Å². The monoisotopic (exact) mass is 306 g/mol. The van der Waals surface area contributed by atoms with E-state index in [1.54, 1.807) is 0 Å². The quantitative estimate of drug-likeness (QED) is 0.887. The maximum Gasteiger partial charge on any atom is 0.117 e. The predicted molar refractivity (Wildman–Crippen MR) is 78.3 cm³/mol. The molecule has 0 heterocycles. The first kappa shape index (κ1) is 13.4. The molecule has 1 saturated carbocycles. The van der Waals surface area contributed by atoms with Crippen molar-refractivity contribution in [2.75, 3.05) is 5.32 Å². The van der Waals surface area contributed by atoms with E-state index in [1.807, 2.05) is 24.3 Å². The fraction of sp³-hybridized carbons (Fsp3) is 0.533. The van der Waals surface area contributed by atoms with Crippen LogP contribution >= 0.6 is 15.9 Å². The second kappa shape index (κ2) is 6.24. The molecule has 0 aromatic heterocycles. The van der Waals surface area contributed by atoms with E-state index in [1.165, 1.54) is 25.7 Å². The lowest BCUT2D eigenvalue weighted by Crippen LogP contribution is -2.30. The molecule has 0 aliphatic heterocycles. The number of hydrogen-bond acceptors (Lipinski definition) is 2. The Kier molecular flexibility index (Phi) is 4.66. The Hall–Kier alpha value is -1.01. The molecule has 0 spiro atoms. The molecule has 1 atom stereocenters. The Morgan fingerprint density at radius 3 is 2.67 bits per heavy atom. The van der Waals surface area contributed by atoms with Crippen LogP contribution in [0.5, 0.6) is 0 Å². The molecule has 1 aromatic carbocycles. The molecule has 0 saturated heterocycles. The lowest BCUT2D eigenvalue weighted by molar-refractivity contribution is 0.282. The van der Waals surface area contributed by atoms with Crippen LogP contribution < -0.4 is 5.32 Å². The molecule has 1 aliphatic rings. The lowest BCUT2D eigenvalue weighted by atomic mass is 9.79. The Morgan fingerprint density at radius 2 is 2.06 bits per heavy atom. The topological polar surface area (TPSA) is 35.8 Å². The van der Waals surface area contributed by atoms with Gasteiger partial charge in [-0.15, -0.1) is 0 Å². The van der Waals surface area contributed by atoms with E-state index in [4.69, 9.17) is 0 Å². The third-order valence-electron chi connectivity index (χ3n) is 3.82. The molecule has 1 aliphatic carbocycles. The van der Waals surface area contributed by atoms with Gasteiger partial charge >= 0.3 is 0 Å². The zero-order valence-corrected chi connectivity index (χ0v) is 12.3. The first-order chi connectivity index (χ1) is 8.69. The number of rotatable bonds is 3. The summed E-state index contributed by atoms with van der Waals surface area (Å²) >= 11 is 3.45. The molecule has 0 amide bonds. The van der Waals surface area contributed by atoms with Gasteiger partial charge in [-0.1, -0.05) is 41.8 Å². The zero-order valence-electron chi connectivity index (χ0n) is 10.7. The fourth-order valence-electron chi connectivity index (χ4n) is 2.63. The number of nitrogens with zero attached hydrogens (tertiary/aromatic N) is 1. The van der Waals surface area contributed by atoms with Gasteiger partial charge in [0.15, 0.2) is 0 Å². The molecule has 1 fully saturated rings. The summed E-state index contributed by atoms with van der Waals surface area (Å²) in [7, 11) is 0. The number of nitrogens with one attached hydrogen (secondary N) is 1. The van der Waals surface area contributed by atoms with Crippen LogP contribution in [0.1, 0.15) is 32.6 Å². The SMILES string of the molecule is CC1CCC(C(C#N)Nc2cccc(Br)c2)CC1. The van der Waals surface area contributed by atoms with Gasteiger partial charge in [0.2, 0.25) is 0 Å². The van der Waals surface area contributed by atoms with Crippen molar-refractivity contribution >= 4 is 21.6 Å². The molecule has 1 aromatic rings. The largest absolute Gasteiger partial charge is 0.370 e. The summed E-state index contributed by atoms with van der Waals surface area (Å²) in [4.78, 5) is 0. The standard InChI is InChI=1S/C15H19BrN2/c1-11-5-7-12(8-6-11)15(10-17)18-14-4-2-3-13(16)9-14/h2-4,9,11-12,15,18H,5-8H2,1H3. The van der Waals surface area contributed by atoms with Gasteiger partial charge in [-0.25, -0.2) is 0 Å². The molecular weight excluding hydrogens is 288 g/mol. The van der Waals surface area contributed by atoms with Gasteiger partial charge in [0.25, 0.3) is 0 Å². The highest BCUT2D eigenvalue weighted by molar-refractivity contribution is 9.10. The van der Waals surface area contributed by atoms with Crippen molar-refractivity contribution in [3.05, 3.63) is 28.7 Å². The smallest absolute Gasteiger partial charge is 0.117 e. The van der Waals surface area contributed by atoms with Crippen LogP contribution in [0.25, 0.3) is 0 Å². The summed E-state index contributed by atoms with van der Waals surface area (Å²) in [5.74, 6) is 1.32. The Labute approximate surface area is 118 Å². The fourth-order valence-corrected chi connectivity index (χ4v) is 3.03. The van der Waals surface area contributed by atoms with Crippen molar-refractivity contribution in [3.63, 3.8) is 0 Å². The number of anilines is 1. The molecule has 18 heavy (non-hydrogen) atoms. The van der Waals surface area contributed by atoms with Gasteiger partial charge in [-0.05, 0) is 42.9 Å². The molecular formula is C15H19BrN2. The molecule has 3 heteroatoms. The van der Waals surface area contributed by atoms with Crippen LogP contribution in [-0.2, 0) is 0 Å². The maximum atomic E-state index is 9.35. The van der Waals surface area contributed by atoms with Gasteiger partial charge in [0.05, 0.1) is 6.07 Å². The second-order valence-electron chi connectivity index (χ2n) is 5.28. The normalized spacial score (nSPS) is 25.2. The minimum absolute atomic E-state index is 0.0631. The summed E-state index contributed by atoms with van der Waals surface area (Å²) in [5.41, 5.74) is 1.02. The summed E-state index contributed by atoms with van der Waals surface area (Å²) < 4.78 is 1.04. The first-order valence-corrected chi connectivity index (χ1v) is 7.40. The molecule has 1 N–H and O–H groups in total. The van der Waals surface area contributed by atoms with Crippen molar-refractivity contribution in [3.8, 4) is 6.07 Å². The molecule has 0 radical (unpaired) electrons. The van der Waals surface area contributed by atoms with Crippen LogP contribution in [0, 0.1) is 23.2 Å². The number of nitriles is 1. The van der Waals surface area contributed by atoms with Gasteiger partial charge < -0.3 is 5.32 Å². The Bertz CT molecular complexity index is 430. The van der Waals surface area contributed by atoms with Crippen molar-refractivity contribution in [2.45, 2.75) is 38.6 Å². The molecule has 2 rings (SSSR count). The summed E-state index contributed by atoms with van der Waals surface area (Å²) in [6, 6.07) is 10.4. The number of hydrogen-bond donors (Lipinski definition) is 1. The first-order valence-electron chi connectivity index (χ1n) is 6.60. The van der Waals surface area contributed by atoms with E-state index in [9.17, 15) is 5.26 Å². The lowest BCUT2D eigenvalue weighted by Gasteiger charge is -2.30. The summed E-state index contributed by atoms with van der Waals surface area (Å²) in [6.07, 6.45) is 4.84. The van der Waals surface area contributed by atoms with Gasteiger partial charge in [0.1, 0.15) is 6.04 Å². The van der Waals surface area contributed by atoms with Crippen LogP contribution in [0.2, 0.25) is 0 Å². The average Bonchev–Trinajstić information content (AvgIpc) is 2.37. The highest BCUT2D eigenvalue weighted by Crippen LogP contribution is 2.31. The van der Waals surface area contributed by atoms with E-state index in [2.05, 4.69) is 34.2 Å². The molecule has 0 bridgehead atoms. The van der Waals surface area contributed by atoms with Gasteiger partial charge in [0, 0.05) is 10.2 Å². The molecule has 96 valence electrons. The van der Waals surface area contributed by atoms with Crippen LogP contribution in [0.3, 0.4) is 0 Å². The summed E-state index contributed by atoms with van der Waals surface area (Å²) in [6.45, 7) is 2.30. The van der Waals surface area contributed by atoms with Crippen molar-refractivity contribution in [1.82, 2.24) is 0 Å². The maximum absolute atomic E-state index is 9.35. The predicted octanol–water partition coefficient (Wildman–Crippen LogP) is 4.58. The average molecular weight is 307 g/mol. The van der Waals surface area contributed by atoms with E-state index in [-0.39, 0.29) is 6.04 Å². The number of benzene rings is 1. The zero-order chi connectivity index (χ0) is 13.0. The van der Waals surface area contributed by atoms with E-state index in [0.29, 0.717) is 5.92 Å². The van der Waals surface area contributed by atoms with E-state index < -0.39 is 0 Å². The Balaban J connectivity index is 1.99. The third kappa shape index (κ3) is 3.49. The van der Waals surface area contributed by atoms with E-state index >= 15 is 0 Å².